The van der Waals surface area contributed by atoms with Crippen molar-refractivity contribution < 1.29 is 9.59 Å². The van der Waals surface area contributed by atoms with Gasteiger partial charge in [-0.05, 0) is 18.8 Å². The molecular weight excluding hydrogens is 200 g/mol. The molecule has 0 saturated carbocycles. The third-order valence-corrected chi connectivity index (χ3v) is 3.12. The maximum Gasteiger partial charge on any atom is 0.135 e. The van der Waals surface area contributed by atoms with Gasteiger partial charge in [0.1, 0.15) is 12.1 Å². The topological polar surface area (TPSA) is 34.1 Å². The third kappa shape index (κ3) is 7.61. The van der Waals surface area contributed by atoms with Gasteiger partial charge in [0.15, 0.2) is 0 Å². The highest BCUT2D eigenvalue weighted by Gasteiger charge is 2.10. The van der Waals surface area contributed by atoms with E-state index in [1.807, 2.05) is 20.8 Å². The van der Waals surface area contributed by atoms with Crippen LogP contribution < -0.4 is 0 Å². The average Bonchev–Trinajstić information content (AvgIpc) is 2.25. The van der Waals surface area contributed by atoms with Crippen LogP contribution in [0.2, 0.25) is 0 Å². The summed E-state index contributed by atoms with van der Waals surface area (Å²) in [7, 11) is 0. The fourth-order valence-electron chi connectivity index (χ4n) is 1.68. The molecule has 16 heavy (non-hydrogen) atoms. The Balaban J connectivity index is 3.55. The van der Waals surface area contributed by atoms with Crippen molar-refractivity contribution in [3.63, 3.8) is 0 Å². The van der Waals surface area contributed by atoms with Gasteiger partial charge < -0.3 is 4.79 Å². The van der Waals surface area contributed by atoms with Gasteiger partial charge in [0, 0.05) is 18.3 Å². The third-order valence-electron chi connectivity index (χ3n) is 3.12. The molecule has 0 fully saturated rings. The smallest absolute Gasteiger partial charge is 0.135 e. The molecule has 0 aromatic carbocycles. The molecule has 0 spiro atoms. The predicted octanol–water partition coefficient (Wildman–Crippen LogP) is 3.63. The molecule has 94 valence electrons. The Morgan fingerprint density at radius 2 is 1.69 bits per heavy atom. The van der Waals surface area contributed by atoms with Crippen LogP contribution in [0.25, 0.3) is 0 Å². The van der Waals surface area contributed by atoms with Crippen LogP contribution in [0.1, 0.15) is 59.8 Å². The highest BCUT2D eigenvalue weighted by Crippen LogP contribution is 2.17. The lowest BCUT2D eigenvalue weighted by atomic mass is 9.93. The number of aldehydes is 1. The van der Waals surface area contributed by atoms with Crippen molar-refractivity contribution in [3.05, 3.63) is 0 Å². The van der Waals surface area contributed by atoms with Crippen molar-refractivity contribution >= 4 is 12.1 Å². The molecule has 2 heteroatoms. The molecule has 0 aromatic rings. The number of carbonyl (C=O) groups is 2. The molecule has 0 bridgehead atoms. The molecule has 0 aliphatic rings. The zero-order chi connectivity index (χ0) is 12.6. The molecule has 0 saturated heterocycles. The molecule has 0 aliphatic heterocycles. The van der Waals surface area contributed by atoms with Gasteiger partial charge in [-0.15, -0.1) is 0 Å². The summed E-state index contributed by atoms with van der Waals surface area (Å²) in [6.07, 6.45) is 5.92. The van der Waals surface area contributed by atoms with Gasteiger partial charge in [-0.3, -0.25) is 4.79 Å². The summed E-state index contributed by atoms with van der Waals surface area (Å²) < 4.78 is 0. The molecule has 0 N–H and O–H groups in total. The minimum Gasteiger partial charge on any atom is -0.303 e. The van der Waals surface area contributed by atoms with E-state index >= 15 is 0 Å². The summed E-state index contributed by atoms with van der Waals surface area (Å²) in [5, 5.41) is 0. The minimum absolute atomic E-state index is 0.169. The average molecular weight is 226 g/mol. The summed E-state index contributed by atoms with van der Waals surface area (Å²) >= 11 is 0. The SMILES string of the molecule is CC(C=O)CCCC(C)CCC(=O)C(C)C. The molecule has 0 heterocycles. The number of hydrogen-bond donors (Lipinski definition) is 0. The number of Topliss-reactive ketones (excluding diaryl/α,β-unsaturated/α-hetero) is 1. The van der Waals surface area contributed by atoms with Crippen molar-refractivity contribution in [2.45, 2.75) is 59.8 Å². The number of rotatable bonds is 9. The van der Waals surface area contributed by atoms with Crippen LogP contribution in [-0.4, -0.2) is 12.1 Å². The summed E-state index contributed by atoms with van der Waals surface area (Å²) in [6.45, 7) is 8.07. The first kappa shape index (κ1) is 15.3. The Labute approximate surface area is 99.8 Å². The van der Waals surface area contributed by atoms with Gasteiger partial charge in [0.2, 0.25) is 0 Å². The second kappa shape index (κ2) is 8.49. The standard InChI is InChI=1S/C14H26O2/c1-11(2)14(16)9-8-12(3)6-5-7-13(4)10-15/h10-13H,5-9H2,1-4H3. The van der Waals surface area contributed by atoms with E-state index in [0.717, 1.165) is 32.0 Å². The van der Waals surface area contributed by atoms with Gasteiger partial charge in [-0.25, -0.2) is 0 Å². The van der Waals surface area contributed by atoms with E-state index in [1.165, 1.54) is 0 Å². The summed E-state index contributed by atoms with van der Waals surface area (Å²) in [5.41, 5.74) is 0. The van der Waals surface area contributed by atoms with Crippen LogP contribution in [-0.2, 0) is 9.59 Å². The first-order valence-electron chi connectivity index (χ1n) is 6.45. The second-order valence-corrected chi connectivity index (χ2v) is 5.31. The van der Waals surface area contributed by atoms with Crippen LogP contribution in [0.5, 0.6) is 0 Å². The minimum atomic E-state index is 0.169. The summed E-state index contributed by atoms with van der Waals surface area (Å²) in [5.74, 6) is 1.32. The molecule has 2 nitrogen and oxygen atoms in total. The predicted molar refractivity (Wildman–Crippen MR) is 67.3 cm³/mol. The van der Waals surface area contributed by atoms with Crippen molar-refractivity contribution in [2.75, 3.05) is 0 Å². The summed E-state index contributed by atoms with van der Waals surface area (Å²) in [4.78, 5) is 21.9. The van der Waals surface area contributed by atoms with Gasteiger partial charge in [0.05, 0.1) is 0 Å². The van der Waals surface area contributed by atoms with Crippen LogP contribution in [0, 0.1) is 17.8 Å². The Kier molecular flexibility index (Phi) is 8.14. The van der Waals surface area contributed by atoms with Crippen molar-refractivity contribution in [1.29, 1.82) is 0 Å². The maximum atomic E-state index is 11.4. The molecule has 2 atom stereocenters. The van der Waals surface area contributed by atoms with Crippen LogP contribution >= 0.6 is 0 Å². The number of carbonyl (C=O) groups excluding carboxylic acids is 2. The molecule has 2 unspecified atom stereocenters. The van der Waals surface area contributed by atoms with E-state index in [0.29, 0.717) is 18.1 Å². The van der Waals surface area contributed by atoms with Gasteiger partial charge >= 0.3 is 0 Å². The lowest BCUT2D eigenvalue weighted by Crippen LogP contribution is -2.09. The fraction of sp³-hybridized carbons (Fsp3) is 0.857. The van der Waals surface area contributed by atoms with Crippen molar-refractivity contribution in [3.8, 4) is 0 Å². The zero-order valence-electron chi connectivity index (χ0n) is 11.2. The fourth-order valence-corrected chi connectivity index (χ4v) is 1.68. The molecule has 0 rings (SSSR count). The highest BCUT2D eigenvalue weighted by molar-refractivity contribution is 5.80. The molecule has 0 aromatic heterocycles. The second-order valence-electron chi connectivity index (χ2n) is 5.31. The van der Waals surface area contributed by atoms with Gasteiger partial charge in [-0.2, -0.15) is 0 Å². The van der Waals surface area contributed by atoms with Crippen LogP contribution in [0.3, 0.4) is 0 Å². The first-order chi connectivity index (χ1) is 7.47. The van der Waals surface area contributed by atoms with E-state index in [1.54, 1.807) is 0 Å². The van der Waals surface area contributed by atoms with Crippen molar-refractivity contribution in [1.82, 2.24) is 0 Å². The molecule has 0 aliphatic carbocycles. The molecule has 0 radical (unpaired) electrons. The summed E-state index contributed by atoms with van der Waals surface area (Å²) in [6, 6.07) is 0. The van der Waals surface area contributed by atoms with E-state index in [2.05, 4.69) is 6.92 Å². The Morgan fingerprint density at radius 1 is 1.06 bits per heavy atom. The lowest BCUT2D eigenvalue weighted by Gasteiger charge is -2.12. The van der Waals surface area contributed by atoms with E-state index in [9.17, 15) is 9.59 Å². The molecular formula is C14H26O2. The Morgan fingerprint density at radius 3 is 2.19 bits per heavy atom. The highest BCUT2D eigenvalue weighted by atomic mass is 16.1. The van der Waals surface area contributed by atoms with Gasteiger partial charge in [0.25, 0.3) is 0 Å². The Hall–Kier alpha value is -0.660. The van der Waals surface area contributed by atoms with Crippen LogP contribution in [0.15, 0.2) is 0 Å². The van der Waals surface area contributed by atoms with Crippen molar-refractivity contribution in [2.24, 2.45) is 17.8 Å². The largest absolute Gasteiger partial charge is 0.303 e. The zero-order valence-corrected chi connectivity index (χ0v) is 11.2. The number of hydrogen-bond acceptors (Lipinski definition) is 2. The van der Waals surface area contributed by atoms with Crippen LogP contribution in [0.4, 0.5) is 0 Å². The number of ketones is 1. The van der Waals surface area contributed by atoms with E-state index < -0.39 is 0 Å². The Bertz CT molecular complexity index is 209. The normalized spacial score (nSPS) is 14.8. The maximum absolute atomic E-state index is 11.4. The van der Waals surface area contributed by atoms with E-state index in [-0.39, 0.29) is 11.8 Å². The monoisotopic (exact) mass is 226 g/mol. The van der Waals surface area contributed by atoms with Gasteiger partial charge in [-0.1, -0.05) is 40.5 Å². The molecule has 0 amide bonds. The first-order valence-corrected chi connectivity index (χ1v) is 6.45. The quantitative estimate of drug-likeness (QED) is 0.563. The lowest BCUT2D eigenvalue weighted by molar-refractivity contribution is -0.122. The van der Waals surface area contributed by atoms with E-state index in [4.69, 9.17) is 0 Å².